The molecule has 0 radical (unpaired) electrons. The number of carbonyl (C=O) groups excluding carboxylic acids is 1. The molecule has 4 rings (SSSR count). The summed E-state index contributed by atoms with van der Waals surface area (Å²) in [6, 6.07) is 8.03. The van der Waals surface area contributed by atoms with Gasteiger partial charge in [0.1, 0.15) is 23.1 Å². The predicted molar refractivity (Wildman–Crippen MR) is 85.7 cm³/mol. The largest absolute Gasteiger partial charge is 0.488 e. The molecule has 6 nitrogen and oxygen atoms in total. The fourth-order valence-electron chi connectivity index (χ4n) is 3.15. The molecule has 1 aliphatic rings. The van der Waals surface area contributed by atoms with Gasteiger partial charge in [0.2, 0.25) is 0 Å². The van der Waals surface area contributed by atoms with Crippen LogP contribution in [0.1, 0.15) is 15.9 Å². The number of rotatable bonds is 3. The normalized spacial score (nSPS) is 16.3. The van der Waals surface area contributed by atoms with Gasteiger partial charge in [-0.25, -0.2) is 4.52 Å². The van der Waals surface area contributed by atoms with Crippen molar-refractivity contribution < 1.29 is 9.53 Å². The Kier molecular flexibility index (Phi) is 3.11. The molecule has 0 spiro atoms. The molecule has 0 aliphatic carbocycles. The highest BCUT2D eigenvalue weighted by atomic mass is 16.5. The Morgan fingerprint density at radius 1 is 1.39 bits per heavy atom. The lowest BCUT2D eigenvalue weighted by Gasteiger charge is -2.20. The number of benzene rings is 1. The van der Waals surface area contributed by atoms with Crippen molar-refractivity contribution in [1.29, 1.82) is 0 Å². The molecule has 0 saturated heterocycles. The van der Waals surface area contributed by atoms with E-state index in [-0.39, 0.29) is 12.0 Å². The van der Waals surface area contributed by atoms with Gasteiger partial charge in [-0.3, -0.25) is 4.79 Å². The van der Waals surface area contributed by atoms with Crippen molar-refractivity contribution in [2.24, 2.45) is 7.05 Å². The molecule has 1 amide bonds. The molecule has 23 heavy (non-hydrogen) atoms. The smallest absolute Gasteiger partial charge is 0.259 e. The Morgan fingerprint density at radius 2 is 2.22 bits per heavy atom. The molecular weight excluding hydrogens is 292 g/mol. The van der Waals surface area contributed by atoms with Gasteiger partial charge < -0.3 is 14.2 Å². The van der Waals surface area contributed by atoms with Crippen LogP contribution in [0.15, 0.2) is 42.9 Å². The molecule has 0 bridgehead atoms. The first kappa shape index (κ1) is 13.9. The van der Waals surface area contributed by atoms with Gasteiger partial charge in [-0.05, 0) is 11.6 Å². The van der Waals surface area contributed by atoms with Gasteiger partial charge in [0.15, 0.2) is 0 Å². The maximum Gasteiger partial charge on any atom is 0.259 e. The first-order valence-corrected chi connectivity index (χ1v) is 7.62. The number of nitrogens with zero attached hydrogens (tertiary/aromatic N) is 4. The molecule has 1 aliphatic heterocycles. The van der Waals surface area contributed by atoms with E-state index in [1.54, 1.807) is 22.7 Å². The van der Waals surface area contributed by atoms with Gasteiger partial charge in [0, 0.05) is 32.9 Å². The van der Waals surface area contributed by atoms with E-state index in [9.17, 15) is 4.79 Å². The fraction of sp³-hybridized carbons (Fsp3) is 0.294. The monoisotopic (exact) mass is 310 g/mol. The lowest BCUT2D eigenvalue weighted by atomic mass is 10.1. The lowest BCUT2D eigenvalue weighted by Crippen LogP contribution is -2.36. The highest BCUT2D eigenvalue weighted by Crippen LogP contribution is 2.28. The molecule has 0 saturated carbocycles. The van der Waals surface area contributed by atoms with Gasteiger partial charge in [-0.2, -0.15) is 5.10 Å². The SMILES string of the molecule is CN(CC1Cc2ccccc2O1)C(=O)c1cnn2ccn(C)c12. The summed E-state index contributed by atoms with van der Waals surface area (Å²) in [5.74, 6) is 0.884. The van der Waals surface area contributed by atoms with Crippen molar-refractivity contribution in [2.75, 3.05) is 13.6 Å². The summed E-state index contributed by atoms with van der Waals surface area (Å²) >= 11 is 0. The minimum Gasteiger partial charge on any atom is -0.488 e. The maximum absolute atomic E-state index is 12.7. The van der Waals surface area contributed by atoms with Crippen LogP contribution in [0.25, 0.3) is 5.65 Å². The first-order valence-electron chi connectivity index (χ1n) is 7.62. The molecule has 3 aromatic rings. The van der Waals surface area contributed by atoms with E-state index >= 15 is 0 Å². The molecule has 0 fully saturated rings. The minimum atomic E-state index is -0.0404. The van der Waals surface area contributed by atoms with E-state index in [1.165, 1.54) is 5.56 Å². The van der Waals surface area contributed by atoms with Gasteiger partial charge in [-0.15, -0.1) is 0 Å². The Morgan fingerprint density at radius 3 is 3.04 bits per heavy atom. The summed E-state index contributed by atoms with van der Waals surface area (Å²) in [6.07, 6.45) is 6.18. The number of hydrogen-bond acceptors (Lipinski definition) is 3. The fourth-order valence-corrected chi connectivity index (χ4v) is 3.15. The van der Waals surface area contributed by atoms with Crippen LogP contribution in [0.2, 0.25) is 0 Å². The standard InChI is InChI=1S/C17H18N4O2/c1-19-7-8-21-16(19)14(10-18-21)17(22)20(2)11-13-9-12-5-3-4-6-15(12)23-13/h3-8,10,13H,9,11H2,1-2H3. The third kappa shape index (κ3) is 2.27. The van der Waals surface area contributed by atoms with Crippen molar-refractivity contribution >= 4 is 11.6 Å². The number of carbonyl (C=O) groups is 1. The van der Waals surface area contributed by atoms with E-state index in [2.05, 4.69) is 11.2 Å². The number of amides is 1. The van der Waals surface area contributed by atoms with Crippen LogP contribution >= 0.6 is 0 Å². The van der Waals surface area contributed by atoms with Crippen molar-refractivity contribution in [2.45, 2.75) is 12.5 Å². The molecular formula is C17H18N4O2. The predicted octanol–water partition coefficient (Wildman–Crippen LogP) is 1.75. The van der Waals surface area contributed by atoms with Crippen molar-refractivity contribution in [3.05, 3.63) is 54.0 Å². The van der Waals surface area contributed by atoms with Crippen molar-refractivity contribution in [1.82, 2.24) is 19.1 Å². The van der Waals surface area contributed by atoms with Crippen molar-refractivity contribution in [3.63, 3.8) is 0 Å². The summed E-state index contributed by atoms with van der Waals surface area (Å²) in [7, 11) is 3.71. The number of hydrogen-bond donors (Lipinski definition) is 0. The highest BCUT2D eigenvalue weighted by molar-refractivity contribution is 5.99. The topological polar surface area (TPSA) is 51.8 Å². The quantitative estimate of drug-likeness (QED) is 0.740. The summed E-state index contributed by atoms with van der Waals surface area (Å²) in [4.78, 5) is 14.4. The number of aryl methyl sites for hydroxylation is 1. The molecule has 2 aromatic heterocycles. The highest BCUT2D eigenvalue weighted by Gasteiger charge is 2.26. The van der Waals surface area contributed by atoms with E-state index in [0.29, 0.717) is 12.1 Å². The van der Waals surface area contributed by atoms with Crippen LogP contribution in [0, 0.1) is 0 Å². The second-order valence-corrected chi connectivity index (χ2v) is 5.97. The van der Waals surface area contributed by atoms with Crippen LogP contribution in [-0.2, 0) is 13.5 Å². The van der Waals surface area contributed by atoms with Crippen LogP contribution in [0.3, 0.4) is 0 Å². The summed E-state index contributed by atoms with van der Waals surface area (Å²) in [5, 5.41) is 4.22. The number of likely N-dealkylation sites (N-methyl/N-ethyl adjacent to an activating group) is 1. The first-order chi connectivity index (χ1) is 11.1. The van der Waals surface area contributed by atoms with E-state index in [4.69, 9.17) is 4.74 Å². The molecule has 0 N–H and O–H groups in total. The number of fused-ring (bicyclic) bond motifs is 2. The summed E-state index contributed by atoms with van der Waals surface area (Å²) in [6.45, 7) is 0.551. The Labute approximate surface area is 133 Å². The van der Waals surface area contributed by atoms with E-state index in [0.717, 1.165) is 17.8 Å². The van der Waals surface area contributed by atoms with Gasteiger partial charge >= 0.3 is 0 Å². The van der Waals surface area contributed by atoms with Crippen LogP contribution in [-0.4, -0.2) is 44.7 Å². The molecule has 1 atom stereocenters. The van der Waals surface area contributed by atoms with Gasteiger partial charge in [-0.1, -0.05) is 18.2 Å². The number of imidazole rings is 1. The summed E-state index contributed by atoms with van der Waals surface area (Å²) in [5.41, 5.74) is 2.61. The maximum atomic E-state index is 12.7. The lowest BCUT2D eigenvalue weighted by molar-refractivity contribution is 0.0732. The van der Waals surface area contributed by atoms with Gasteiger partial charge in [0.05, 0.1) is 12.7 Å². The molecule has 118 valence electrons. The Hall–Kier alpha value is -2.76. The average Bonchev–Trinajstić information content (AvgIpc) is 3.22. The van der Waals surface area contributed by atoms with Crippen LogP contribution in [0.4, 0.5) is 0 Å². The number of aromatic nitrogens is 3. The van der Waals surface area contributed by atoms with E-state index < -0.39 is 0 Å². The molecule has 3 heterocycles. The Bertz CT molecular complexity index is 855. The Balaban J connectivity index is 1.50. The molecule has 1 aromatic carbocycles. The number of para-hydroxylation sites is 1. The second-order valence-electron chi connectivity index (χ2n) is 5.97. The average molecular weight is 310 g/mol. The summed E-state index contributed by atoms with van der Waals surface area (Å²) < 4.78 is 9.53. The zero-order valence-electron chi connectivity index (χ0n) is 13.1. The molecule has 6 heteroatoms. The third-order valence-corrected chi connectivity index (χ3v) is 4.30. The third-order valence-electron chi connectivity index (χ3n) is 4.30. The second kappa shape index (κ2) is 5.15. The van der Waals surface area contributed by atoms with Crippen LogP contribution in [0.5, 0.6) is 5.75 Å². The van der Waals surface area contributed by atoms with Crippen molar-refractivity contribution in [3.8, 4) is 5.75 Å². The van der Waals surface area contributed by atoms with Crippen LogP contribution < -0.4 is 4.74 Å². The van der Waals surface area contributed by atoms with Gasteiger partial charge in [0.25, 0.3) is 5.91 Å². The zero-order valence-corrected chi connectivity index (χ0v) is 13.1. The minimum absolute atomic E-state index is 0.000766. The molecule has 1 unspecified atom stereocenters. The zero-order chi connectivity index (χ0) is 16.0. The number of ether oxygens (including phenoxy) is 1. The van der Waals surface area contributed by atoms with E-state index in [1.807, 2.05) is 42.2 Å².